The van der Waals surface area contributed by atoms with E-state index in [4.69, 9.17) is 11.6 Å². The normalized spacial score (nSPS) is 14.0. The van der Waals surface area contributed by atoms with Crippen LogP contribution >= 0.6 is 11.6 Å². The molecule has 0 aliphatic heterocycles. The zero-order valence-electron chi connectivity index (χ0n) is 13.8. The van der Waals surface area contributed by atoms with Crippen molar-refractivity contribution in [2.24, 2.45) is 0 Å². The molecule has 1 atom stereocenters. The van der Waals surface area contributed by atoms with E-state index in [1.54, 1.807) is 0 Å². The highest BCUT2D eigenvalue weighted by atomic mass is 35.5. The van der Waals surface area contributed by atoms with Crippen molar-refractivity contribution in [3.8, 4) is 0 Å². The molecule has 1 nitrogen and oxygen atoms in total. The topological polar surface area (TPSA) is 12.0 Å². The molecule has 0 aliphatic carbocycles. The van der Waals surface area contributed by atoms with Gasteiger partial charge in [0.1, 0.15) is 0 Å². The molecule has 0 aliphatic rings. The lowest BCUT2D eigenvalue weighted by Gasteiger charge is -2.29. The van der Waals surface area contributed by atoms with Crippen molar-refractivity contribution in [2.45, 2.75) is 70.8 Å². The molecule has 0 saturated carbocycles. The smallest absolute Gasteiger partial charge is 0.0543 e. The van der Waals surface area contributed by atoms with Gasteiger partial charge in [0, 0.05) is 5.88 Å². The van der Waals surface area contributed by atoms with E-state index in [1.165, 1.54) is 56.9 Å². The molecule has 0 spiro atoms. The molecule has 0 saturated heterocycles. The summed E-state index contributed by atoms with van der Waals surface area (Å²) >= 11 is 6.19. The van der Waals surface area contributed by atoms with Crippen LogP contribution in [0, 0.1) is 0 Å². The van der Waals surface area contributed by atoms with Crippen molar-refractivity contribution in [3.63, 3.8) is 0 Å². The second-order valence-corrected chi connectivity index (χ2v) is 6.50. The number of hydrogen-bond acceptors (Lipinski definition) is 1. The van der Waals surface area contributed by atoms with Gasteiger partial charge in [-0.05, 0) is 25.5 Å². The third-order valence-corrected chi connectivity index (χ3v) is 4.76. The molecule has 0 fully saturated rings. The van der Waals surface area contributed by atoms with Crippen LogP contribution in [0.15, 0.2) is 30.3 Å². The van der Waals surface area contributed by atoms with E-state index in [-0.39, 0.29) is 5.54 Å². The van der Waals surface area contributed by atoms with Crippen LogP contribution in [0.2, 0.25) is 0 Å². The zero-order valence-corrected chi connectivity index (χ0v) is 14.6. The number of nitrogens with one attached hydrogen (secondary N) is 1. The van der Waals surface area contributed by atoms with Crippen LogP contribution in [0.1, 0.15) is 70.8 Å². The molecule has 1 aromatic carbocycles. The highest BCUT2D eigenvalue weighted by molar-refractivity contribution is 6.18. The average molecular weight is 310 g/mol. The minimum absolute atomic E-state index is 0.107. The first-order valence-electron chi connectivity index (χ1n) is 8.59. The van der Waals surface area contributed by atoms with Crippen LogP contribution in [0.5, 0.6) is 0 Å². The molecule has 1 unspecified atom stereocenters. The van der Waals surface area contributed by atoms with Gasteiger partial charge in [-0.25, -0.2) is 0 Å². The van der Waals surface area contributed by atoms with E-state index in [2.05, 4.69) is 49.5 Å². The average Bonchev–Trinajstić information content (AvgIpc) is 2.54. The molecule has 0 radical (unpaired) electrons. The fourth-order valence-electron chi connectivity index (χ4n) is 2.66. The third-order valence-electron chi connectivity index (χ3n) is 4.22. The number of hydrogen-bond donors (Lipinski definition) is 1. The first-order valence-corrected chi connectivity index (χ1v) is 9.13. The minimum Gasteiger partial charge on any atom is -0.307 e. The number of alkyl halides is 1. The van der Waals surface area contributed by atoms with Crippen molar-refractivity contribution in [1.82, 2.24) is 5.32 Å². The van der Waals surface area contributed by atoms with Crippen LogP contribution in [0.4, 0.5) is 0 Å². The maximum Gasteiger partial charge on any atom is 0.0543 e. The summed E-state index contributed by atoms with van der Waals surface area (Å²) in [6, 6.07) is 10.5. The molecule has 0 aromatic heterocycles. The van der Waals surface area contributed by atoms with Crippen LogP contribution < -0.4 is 5.32 Å². The molecule has 1 rings (SSSR count). The SMILES string of the molecule is CCCCCCCCCCNC(C)(CCl)c1ccccc1. The highest BCUT2D eigenvalue weighted by Gasteiger charge is 2.23. The molecule has 0 heterocycles. The molecule has 120 valence electrons. The Balaban J connectivity index is 2.15. The van der Waals surface area contributed by atoms with Crippen molar-refractivity contribution < 1.29 is 0 Å². The largest absolute Gasteiger partial charge is 0.307 e. The van der Waals surface area contributed by atoms with Gasteiger partial charge in [-0.3, -0.25) is 0 Å². The zero-order chi connectivity index (χ0) is 15.4. The van der Waals surface area contributed by atoms with Gasteiger partial charge in [-0.15, -0.1) is 11.6 Å². The van der Waals surface area contributed by atoms with E-state index in [9.17, 15) is 0 Å². The lowest BCUT2D eigenvalue weighted by molar-refractivity contribution is 0.399. The Morgan fingerprint density at radius 2 is 1.48 bits per heavy atom. The van der Waals surface area contributed by atoms with E-state index >= 15 is 0 Å². The first-order chi connectivity index (χ1) is 10.2. The molecular weight excluding hydrogens is 278 g/mol. The van der Waals surface area contributed by atoms with Gasteiger partial charge in [-0.2, -0.15) is 0 Å². The molecule has 1 aromatic rings. The Hall–Kier alpha value is -0.530. The van der Waals surface area contributed by atoms with E-state index in [0.29, 0.717) is 5.88 Å². The third kappa shape index (κ3) is 7.33. The van der Waals surface area contributed by atoms with Crippen LogP contribution in [-0.4, -0.2) is 12.4 Å². The summed E-state index contributed by atoms with van der Waals surface area (Å²) in [6.07, 6.45) is 10.9. The lowest BCUT2D eigenvalue weighted by atomic mass is 9.94. The Bertz CT molecular complexity index is 352. The summed E-state index contributed by atoms with van der Waals surface area (Å²) < 4.78 is 0. The summed E-state index contributed by atoms with van der Waals surface area (Å²) in [5.74, 6) is 0.605. The standard InChI is InChI=1S/C19H32ClN/c1-3-4-5-6-7-8-9-13-16-21-19(2,17-20)18-14-11-10-12-15-18/h10-12,14-15,21H,3-9,13,16-17H2,1-2H3. The molecule has 2 heteroatoms. The maximum absolute atomic E-state index is 6.19. The summed E-state index contributed by atoms with van der Waals surface area (Å²) in [5.41, 5.74) is 1.17. The summed E-state index contributed by atoms with van der Waals surface area (Å²) in [7, 11) is 0. The number of benzene rings is 1. The summed E-state index contributed by atoms with van der Waals surface area (Å²) in [6.45, 7) is 5.51. The monoisotopic (exact) mass is 309 g/mol. The van der Waals surface area contributed by atoms with E-state index in [1.807, 2.05) is 0 Å². The molecule has 0 bridgehead atoms. The fourth-order valence-corrected chi connectivity index (χ4v) is 2.90. The Morgan fingerprint density at radius 3 is 2.05 bits per heavy atom. The van der Waals surface area contributed by atoms with Crippen LogP contribution in [-0.2, 0) is 5.54 Å². The summed E-state index contributed by atoms with van der Waals surface area (Å²) in [4.78, 5) is 0. The Kier molecular flexibility index (Phi) is 9.78. The predicted octanol–water partition coefficient (Wildman–Crippen LogP) is 5.87. The van der Waals surface area contributed by atoms with E-state index in [0.717, 1.165) is 6.54 Å². The Labute approximate surface area is 136 Å². The quantitative estimate of drug-likeness (QED) is 0.376. The van der Waals surface area contributed by atoms with E-state index < -0.39 is 0 Å². The second kappa shape index (κ2) is 11.1. The van der Waals surface area contributed by atoms with Gasteiger partial charge in [0.25, 0.3) is 0 Å². The molecule has 1 N–H and O–H groups in total. The van der Waals surface area contributed by atoms with Gasteiger partial charge in [0.2, 0.25) is 0 Å². The van der Waals surface area contributed by atoms with Gasteiger partial charge in [0.15, 0.2) is 0 Å². The van der Waals surface area contributed by atoms with Crippen molar-refractivity contribution in [1.29, 1.82) is 0 Å². The molecular formula is C19H32ClN. The molecule has 21 heavy (non-hydrogen) atoms. The van der Waals surface area contributed by atoms with Crippen LogP contribution in [0.3, 0.4) is 0 Å². The Morgan fingerprint density at radius 1 is 0.905 bits per heavy atom. The van der Waals surface area contributed by atoms with Gasteiger partial charge in [0.05, 0.1) is 5.54 Å². The van der Waals surface area contributed by atoms with Crippen molar-refractivity contribution >= 4 is 11.6 Å². The fraction of sp³-hybridized carbons (Fsp3) is 0.684. The van der Waals surface area contributed by atoms with Gasteiger partial charge < -0.3 is 5.32 Å². The minimum atomic E-state index is -0.107. The van der Waals surface area contributed by atoms with Crippen molar-refractivity contribution in [2.75, 3.05) is 12.4 Å². The van der Waals surface area contributed by atoms with Gasteiger partial charge in [-0.1, -0.05) is 82.2 Å². The summed E-state index contributed by atoms with van der Waals surface area (Å²) in [5, 5.41) is 3.64. The first kappa shape index (κ1) is 18.5. The number of halogens is 1. The predicted molar refractivity (Wildman–Crippen MR) is 95.1 cm³/mol. The van der Waals surface area contributed by atoms with Crippen molar-refractivity contribution in [3.05, 3.63) is 35.9 Å². The molecule has 0 amide bonds. The number of rotatable bonds is 12. The second-order valence-electron chi connectivity index (χ2n) is 6.23. The van der Waals surface area contributed by atoms with Crippen LogP contribution in [0.25, 0.3) is 0 Å². The maximum atomic E-state index is 6.19. The number of unbranched alkanes of at least 4 members (excludes halogenated alkanes) is 7. The lowest BCUT2D eigenvalue weighted by Crippen LogP contribution is -2.41. The van der Waals surface area contributed by atoms with Gasteiger partial charge >= 0.3 is 0 Å². The highest BCUT2D eigenvalue weighted by Crippen LogP contribution is 2.22.